The summed E-state index contributed by atoms with van der Waals surface area (Å²) in [4.78, 5) is 38.7. The van der Waals surface area contributed by atoms with Gasteiger partial charge in [0.15, 0.2) is 5.82 Å². The van der Waals surface area contributed by atoms with E-state index < -0.39 is 6.04 Å². The first-order chi connectivity index (χ1) is 13.9. The normalized spacial score (nSPS) is 23.6. The lowest BCUT2D eigenvalue weighted by Gasteiger charge is -2.29. The van der Waals surface area contributed by atoms with Crippen LogP contribution in [-0.4, -0.2) is 48.3 Å². The maximum absolute atomic E-state index is 12.9. The molecule has 0 bridgehead atoms. The maximum Gasteiger partial charge on any atom is 0.248 e. The molecule has 2 aromatic heterocycles. The third-order valence-electron chi connectivity index (χ3n) is 5.47. The molecule has 5 rings (SSSR count). The minimum atomic E-state index is -0.439. The van der Waals surface area contributed by atoms with Crippen molar-refractivity contribution in [3.05, 3.63) is 41.6 Å². The average Bonchev–Trinajstić information content (AvgIpc) is 3.35. The Morgan fingerprint density at radius 3 is 3.03 bits per heavy atom. The van der Waals surface area contributed by atoms with Crippen molar-refractivity contribution in [2.75, 3.05) is 11.1 Å². The molecule has 2 fully saturated rings. The smallest absolute Gasteiger partial charge is 0.248 e. The Morgan fingerprint density at radius 1 is 1.38 bits per heavy atom. The van der Waals surface area contributed by atoms with Crippen molar-refractivity contribution in [2.45, 2.75) is 30.7 Å². The van der Waals surface area contributed by atoms with Crippen LogP contribution in [0.25, 0.3) is 22.6 Å². The SMILES string of the molecule is C[C@]12CCC(=O)N1[C@@H](C(=O)Nc1ccc3nc(-c4ccc(Cl)cn4)[nH]c3c1)CS2. The minimum Gasteiger partial charge on any atom is -0.337 e. The van der Waals surface area contributed by atoms with Crippen molar-refractivity contribution in [2.24, 2.45) is 0 Å². The first-order valence-electron chi connectivity index (χ1n) is 9.32. The number of halogens is 1. The fraction of sp³-hybridized carbons (Fsp3) is 0.300. The number of hydrogen-bond acceptors (Lipinski definition) is 5. The highest BCUT2D eigenvalue weighted by Gasteiger charge is 2.52. The molecule has 2 aliphatic rings. The molecule has 0 saturated carbocycles. The summed E-state index contributed by atoms with van der Waals surface area (Å²) < 4.78 is 0. The average molecular weight is 428 g/mol. The van der Waals surface area contributed by atoms with Crippen LogP contribution < -0.4 is 5.32 Å². The molecule has 2 N–H and O–H groups in total. The highest BCUT2D eigenvalue weighted by atomic mass is 35.5. The van der Waals surface area contributed by atoms with Crippen molar-refractivity contribution in [3.8, 4) is 11.5 Å². The number of amides is 2. The van der Waals surface area contributed by atoms with E-state index in [-0.39, 0.29) is 16.7 Å². The molecular weight excluding hydrogens is 410 g/mol. The quantitative estimate of drug-likeness (QED) is 0.665. The number of aromatic nitrogens is 3. The molecule has 148 valence electrons. The number of imidazole rings is 1. The van der Waals surface area contributed by atoms with Gasteiger partial charge in [-0.3, -0.25) is 14.6 Å². The topological polar surface area (TPSA) is 91.0 Å². The Morgan fingerprint density at radius 2 is 2.24 bits per heavy atom. The van der Waals surface area contributed by atoms with Crippen molar-refractivity contribution in [1.29, 1.82) is 0 Å². The molecule has 29 heavy (non-hydrogen) atoms. The van der Waals surface area contributed by atoms with Gasteiger partial charge in [0.2, 0.25) is 11.8 Å². The Bertz CT molecular complexity index is 1130. The molecule has 7 nitrogen and oxygen atoms in total. The van der Waals surface area contributed by atoms with Gasteiger partial charge in [0.1, 0.15) is 11.7 Å². The van der Waals surface area contributed by atoms with Gasteiger partial charge < -0.3 is 15.2 Å². The van der Waals surface area contributed by atoms with E-state index in [2.05, 4.69) is 20.3 Å². The number of rotatable bonds is 3. The van der Waals surface area contributed by atoms with Crippen LogP contribution in [0.2, 0.25) is 5.02 Å². The van der Waals surface area contributed by atoms with Gasteiger partial charge in [-0.1, -0.05) is 11.6 Å². The predicted molar refractivity (Wildman–Crippen MR) is 114 cm³/mol. The van der Waals surface area contributed by atoms with Crippen molar-refractivity contribution >= 4 is 51.9 Å². The summed E-state index contributed by atoms with van der Waals surface area (Å²) in [5.41, 5.74) is 2.91. The highest BCUT2D eigenvalue weighted by Crippen LogP contribution is 2.47. The molecule has 0 radical (unpaired) electrons. The first kappa shape index (κ1) is 18.4. The summed E-state index contributed by atoms with van der Waals surface area (Å²) >= 11 is 7.58. The summed E-state index contributed by atoms with van der Waals surface area (Å²) in [5.74, 6) is 1.15. The summed E-state index contributed by atoms with van der Waals surface area (Å²) in [5, 5.41) is 3.52. The van der Waals surface area contributed by atoms with Crippen molar-refractivity contribution in [1.82, 2.24) is 19.9 Å². The Kier molecular flexibility index (Phi) is 4.29. The number of pyridine rings is 1. The van der Waals surface area contributed by atoms with Gasteiger partial charge in [-0.25, -0.2) is 4.98 Å². The van der Waals surface area contributed by atoms with Crippen molar-refractivity contribution < 1.29 is 9.59 Å². The molecule has 2 atom stereocenters. The fourth-order valence-electron chi connectivity index (χ4n) is 3.96. The number of nitrogens with one attached hydrogen (secondary N) is 2. The second kappa shape index (κ2) is 6.74. The van der Waals surface area contributed by atoms with E-state index in [1.165, 1.54) is 0 Å². The van der Waals surface area contributed by atoms with Gasteiger partial charge in [0.05, 0.1) is 20.9 Å². The third-order valence-corrected chi connectivity index (χ3v) is 7.20. The van der Waals surface area contributed by atoms with E-state index in [1.54, 1.807) is 35.0 Å². The molecule has 2 aliphatic heterocycles. The number of anilines is 1. The number of carbonyl (C=O) groups is 2. The van der Waals surface area contributed by atoms with E-state index >= 15 is 0 Å². The van der Waals surface area contributed by atoms with Gasteiger partial charge in [-0.15, -0.1) is 11.8 Å². The lowest BCUT2D eigenvalue weighted by atomic mass is 10.2. The number of nitrogens with zero attached hydrogens (tertiary/aromatic N) is 3. The molecule has 4 heterocycles. The van der Waals surface area contributed by atoms with Crippen LogP contribution in [0.1, 0.15) is 19.8 Å². The number of hydrogen-bond donors (Lipinski definition) is 2. The maximum atomic E-state index is 12.9. The van der Waals surface area contributed by atoms with Gasteiger partial charge >= 0.3 is 0 Å². The number of H-pyrrole nitrogens is 1. The lowest BCUT2D eigenvalue weighted by molar-refractivity contribution is -0.135. The Hall–Kier alpha value is -2.58. The van der Waals surface area contributed by atoms with E-state index in [1.807, 2.05) is 25.1 Å². The molecule has 0 spiro atoms. The van der Waals surface area contributed by atoms with Crippen LogP contribution in [0.4, 0.5) is 5.69 Å². The summed E-state index contributed by atoms with van der Waals surface area (Å²) in [6, 6.07) is 8.61. The van der Waals surface area contributed by atoms with Crippen molar-refractivity contribution in [3.63, 3.8) is 0 Å². The van der Waals surface area contributed by atoms with Crippen LogP contribution in [0, 0.1) is 0 Å². The standard InChI is InChI=1S/C20H18ClN5O2S/c1-20-7-6-17(27)26(20)16(10-29-20)19(28)23-12-3-5-13-15(8-12)25-18(24-13)14-4-2-11(21)9-22-14/h2-5,8-9,16H,6-7,10H2,1H3,(H,23,28)(H,24,25)/t16-,20+/m1/s1. The van der Waals surface area contributed by atoms with E-state index in [0.717, 1.165) is 17.5 Å². The van der Waals surface area contributed by atoms with Gasteiger partial charge in [0, 0.05) is 24.1 Å². The van der Waals surface area contributed by atoms with Gasteiger partial charge in [-0.2, -0.15) is 0 Å². The third kappa shape index (κ3) is 3.16. The molecule has 0 aliphatic carbocycles. The second-order valence-electron chi connectivity index (χ2n) is 7.43. The zero-order valence-electron chi connectivity index (χ0n) is 15.6. The molecule has 0 unspecified atom stereocenters. The first-order valence-corrected chi connectivity index (χ1v) is 10.7. The Balaban J connectivity index is 1.37. The van der Waals surface area contributed by atoms with E-state index in [0.29, 0.717) is 34.4 Å². The molecule has 2 amide bonds. The fourth-order valence-corrected chi connectivity index (χ4v) is 5.51. The molecular formula is C20H18ClN5O2S. The zero-order chi connectivity index (χ0) is 20.2. The molecule has 9 heteroatoms. The van der Waals surface area contributed by atoms with E-state index in [9.17, 15) is 9.59 Å². The largest absolute Gasteiger partial charge is 0.337 e. The second-order valence-corrected chi connectivity index (χ2v) is 9.37. The van der Waals surface area contributed by atoms with Crippen LogP contribution in [0.5, 0.6) is 0 Å². The lowest BCUT2D eigenvalue weighted by Crippen LogP contribution is -2.48. The van der Waals surface area contributed by atoms with Crippen LogP contribution in [0.3, 0.4) is 0 Å². The van der Waals surface area contributed by atoms with E-state index in [4.69, 9.17) is 11.6 Å². The Labute approximate surface area is 176 Å². The van der Waals surface area contributed by atoms with Crippen LogP contribution in [0.15, 0.2) is 36.5 Å². The van der Waals surface area contributed by atoms with Crippen LogP contribution >= 0.6 is 23.4 Å². The highest BCUT2D eigenvalue weighted by molar-refractivity contribution is 8.01. The summed E-state index contributed by atoms with van der Waals surface area (Å²) in [6.07, 6.45) is 2.87. The number of fused-ring (bicyclic) bond motifs is 2. The number of aromatic amines is 1. The molecule has 3 aromatic rings. The number of thioether (sulfide) groups is 1. The summed E-state index contributed by atoms with van der Waals surface area (Å²) in [7, 11) is 0. The number of carbonyl (C=O) groups excluding carboxylic acids is 2. The zero-order valence-corrected chi connectivity index (χ0v) is 17.2. The van der Waals surface area contributed by atoms with Crippen LogP contribution in [-0.2, 0) is 9.59 Å². The van der Waals surface area contributed by atoms with Gasteiger partial charge in [-0.05, 0) is 43.7 Å². The minimum absolute atomic E-state index is 0.0572. The predicted octanol–water partition coefficient (Wildman–Crippen LogP) is 3.67. The monoisotopic (exact) mass is 427 g/mol. The number of benzene rings is 1. The molecule has 2 saturated heterocycles. The van der Waals surface area contributed by atoms with Gasteiger partial charge in [0.25, 0.3) is 0 Å². The molecule has 1 aromatic carbocycles. The summed E-state index contributed by atoms with van der Waals surface area (Å²) in [6.45, 7) is 2.04.